The van der Waals surface area contributed by atoms with Crippen molar-refractivity contribution < 1.29 is 9.53 Å². The lowest BCUT2D eigenvalue weighted by molar-refractivity contribution is -0.144. The normalized spacial score (nSPS) is 18.4. The monoisotopic (exact) mass is 239 g/mol. The second kappa shape index (κ2) is 4.34. The molecule has 0 N–H and O–H groups in total. The van der Waals surface area contributed by atoms with Gasteiger partial charge >= 0.3 is 5.97 Å². The number of nitrogens with zero attached hydrogens (tertiary/aromatic N) is 1. The first-order valence-electron chi connectivity index (χ1n) is 5.31. The van der Waals surface area contributed by atoms with E-state index in [-0.39, 0.29) is 12.0 Å². The summed E-state index contributed by atoms with van der Waals surface area (Å²) in [5.41, 5.74) is 2.16. The minimum Gasteiger partial charge on any atom is -0.464 e. The predicted molar refractivity (Wildman–Crippen MR) is 64.0 cm³/mol. The summed E-state index contributed by atoms with van der Waals surface area (Å²) in [6, 6.07) is 5.49. The number of likely N-dealkylation sites (N-methyl/N-ethyl adjacent to an activating group) is 1. The van der Waals surface area contributed by atoms with Crippen LogP contribution in [0.3, 0.4) is 0 Å². The highest BCUT2D eigenvalue weighted by atomic mass is 35.5. The molecule has 0 bridgehead atoms. The van der Waals surface area contributed by atoms with Crippen LogP contribution in [0.15, 0.2) is 18.2 Å². The number of hydrogen-bond acceptors (Lipinski definition) is 3. The maximum atomic E-state index is 11.7. The minimum absolute atomic E-state index is 0.169. The predicted octanol–water partition coefficient (Wildman–Crippen LogP) is 2.26. The summed E-state index contributed by atoms with van der Waals surface area (Å²) < 4.78 is 5.04. The van der Waals surface area contributed by atoms with Crippen LogP contribution in [0.5, 0.6) is 0 Å². The van der Waals surface area contributed by atoms with Crippen molar-refractivity contribution in [2.24, 2.45) is 0 Å². The molecule has 0 aromatic heterocycles. The summed E-state index contributed by atoms with van der Waals surface area (Å²) in [5, 5.41) is 0.690. The highest BCUT2D eigenvalue weighted by Gasteiger charge is 2.32. The van der Waals surface area contributed by atoms with Gasteiger partial charge < -0.3 is 9.64 Å². The number of rotatable bonds is 2. The molecule has 0 radical (unpaired) electrons. The minimum atomic E-state index is -0.214. The van der Waals surface area contributed by atoms with Gasteiger partial charge in [-0.15, -0.1) is 0 Å². The van der Waals surface area contributed by atoms with E-state index in [1.54, 1.807) is 0 Å². The molecule has 0 saturated heterocycles. The van der Waals surface area contributed by atoms with E-state index in [0.29, 0.717) is 18.1 Å². The highest BCUT2D eigenvalue weighted by Crippen LogP contribution is 2.33. The number of halogens is 1. The Hall–Kier alpha value is -1.22. The van der Waals surface area contributed by atoms with E-state index in [1.807, 2.05) is 37.1 Å². The van der Waals surface area contributed by atoms with Crippen molar-refractivity contribution in [3.8, 4) is 0 Å². The Morgan fingerprint density at radius 3 is 3.06 bits per heavy atom. The molecule has 1 aliphatic rings. The fraction of sp³-hybridized carbons (Fsp3) is 0.417. The Morgan fingerprint density at radius 1 is 1.62 bits per heavy atom. The summed E-state index contributed by atoms with van der Waals surface area (Å²) >= 11 is 5.93. The number of fused-ring (bicyclic) bond motifs is 1. The Kier molecular flexibility index (Phi) is 3.06. The van der Waals surface area contributed by atoms with Gasteiger partial charge in [-0.05, 0) is 24.6 Å². The van der Waals surface area contributed by atoms with E-state index >= 15 is 0 Å². The van der Waals surface area contributed by atoms with Gasteiger partial charge in [-0.25, -0.2) is 4.79 Å². The molecule has 0 saturated carbocycles. The Balaban J connectivity index is 2.24. The number of benzene rings is 1. The molecule has 1 aromatic carbocycles. The Morgan fingerprint density at radius 2 is 2.38 bits per heavy atom. The van der Waals surface area contributed by atoms with Crippen LogP contribution in [0.2, 0.25) is 5.02 Å². The summed E-state index contributed by atoms with van der Waals surface area (Å²) in [5.74, 6) is -0.169. The van der Waals surface area contributed by atoms with E-state index in [4.69, 9.17) is 16.3 Å². The van der Waals surface area contributed by atoms with Crippen LogP contribution in [0.4, 0.5) is 5.69 Å². The van der Waals surface area contributed by atoms with Crippen LogP contribution in [-0.4, -0.2) is 25.7 Å². The first-order valence-corrected chi connectivity index (χ1v) is 5.69. The highest BCUT2D eigenvalue weighted by molar-refractivity contribution is 6.30. The third kappa shape index (κ3) is 1.87. The lowest BCUT2D eigenvalue weighted by Crippen LogP contribution is -2.37. The molecule has 0 aliphatic carbocycles. The van der Waals surface area contributed by atoms with E-state index in [2.05, 4.69) is 0 Å². The zero-order valence-electron chi connectivity index (χ0n) is 9.37. The number of esters is 1. The standard InChI is InChI=1S/C12H14ClNO2/c1-3-16-12(15)11-6-8-4-5-9(13)7-10(8)14(11)2/h4-5,7,11H,3,6H2,1-2H3. The van der Waals surface area contributed by atoms with Gasteiger partial charge in [0, 0.05) is 24.2 Å². The van der Waals surface area contributed by atoms with Crippen molar-refractivity contribution in [1.29, 1.82) is 0 Å². The average Bonchev–Trinajstić information content (AvgIpc) is 2.57. The summed E-state index contributed by atoms with van der Waals surface area (Å²) in [7, 11) is 1.89. The van der Waals surface area contributed by atoms with Gasteiger partial charge in [-0.1, -0.05) is 17.7 Å². The number of carbonyl (C=O) groups is 1. The molecule has 2 rings (SSSR count). The van der Waals surface area contributed by atoms with Gasteiger partial charge in [-0.3, -0.25) is 0 Å². The molecular formula is C12H14ClNO2. The molecule has 1 aliphatic heterocycles. The molecule has 86 valence electrons. The zero-order chi connectivity index (χ0) is 11.7. The smallest absolute Gasteiger partial charge is 0.329 e. The van der Waals surface area contributed by atoms with E-state index < -0.39 is 0 Å². The molecule has 3 nitrogen and oxygen atoms in total. The fourth-order valence-electron chi connectivity index (χ4n) is 2.03. The van der Waals surface area contributed by atoms with Gasteiger partial charge in [0.25, 0.3) is 0 Å². The summed E-state index contributed by atoms with van der Waals surface area (Å²) in [6.07, 6.45) is 0.696. The zero-order valence-corrected chi connectivity index (χ0v) is 10.1. The van der Waals surface area contributed by atoms with Crippen LogP contribution < -0.4 is 4.90 Å². The number of anilines is 1. The second-order valence-electron chi connectivity index (χ2n) is 3.86. The Labute approximate surface area is 100.0 Å². The third-order valence-electron chi connectivity index (χ3n) is 2.87. The van der Waals surface area contributed by atoms with Crippen LogP contribution in [0, 0.1) is 0 Å². The van der Waals surface area contributed by atoms with Gasteiger partial charge in [0.15, 0.2) is 0 Å². The van der Waals surface area contributed by atoms with E-state index in [0.717, 1.165) is 11.3 Å². The quantitative estimate of drug-likeness (QED) is 0.742. The summed E-state index contributed by atoms with van der Waals surface area (Å²) in [6.45, 7) is 2.23. The molecule has 16 heavy (non-hydrogen) atoms. The Bertz CT molecular complexity index is 419. The first-order chi connectivity index (χ1) is 7.63. The average molecular weight is 240 g/mol. The second-order valence-corrected chi connectivity index (χ2v) is 4.29. The van der Waals surface area contributed by atoms with Crippen molar-refractivity contribution in [2.45, 2.75) is 19.4 Å². The lowest BCUT2D eigenvalue weighted by Gasteiger charge is -2.20. The van der Waals surface area contributed by atoms with Gasteiger partial charge in [-0.2, -0.15) is 0 Å². The lowest BCUT2D eigenvalue weighted by atomic mass is 10.1. The van der Waals surface area contributed by atoms with Crippen molar-refractivity contribution >= 4 is 23.3 Å². The third-order valence-corrected chi connectivity index (χ3v) is 3.10. The maximum Gasteiger partial charge on any atom is 0.329 e. The van der Waals surface area contributed by atoms with Gasteiger partial charge in [0.2, 0.25) is 0 Å². The first kappa shape index (κ1) is 11.3. The van der Waals surface area contributed by atoms with E-state index in [1.165, 1.54) is 0 Å². The number of hydrogen-bond donors (Lipinski definition) is 0. The number of carbonyl (C=O) groups excluding carboxylic acids is 1. The van der Waals surface area contributed by atoms with Crippen molar-refractivity contribution in [1.82, 2.24) is 0 Å². The van der Waals surface area contributed by atoms with Gasteiger partial charge in [0.1, 0.15) is 6.04 Å². The maximum absolute atomic E-state index is 11.7. The molecule has 0 fully saturated rings. The van der Waals surface area contributed by atoms with Crippen LogP contribution >= 0.6 is 11.6 Å². The molecule has 4 heteroatoms. The molecule has 0 spiro atoms. The fourth-order valence-corrected chi connectivity index (χ4v) is 2.20. The topological polar surface area (TPSA) is 29.5 Å². The molecule has 1 heterocycles. The number of ether oxygens (including phenoxy) is 1. The van der Waals surface area contributed by atoms with Crippen LogP contribution in [-0.2, 0) is 16.0 Å². The van der Waals surface area contributed by atoms with Crippen LogP contribution in [0.1, 0.15) is 12.5 Å². The van der Waals surface area contributed by atoms with Crippen LogP contribution in [0.25, 0.3) is 0 Å². The van der Waals surface area contributed by atoms with E-state index in [9.17, 15) is 4.79 Å². The van der Waals surface area contributed by atoms with Crippen molar-refractivity contribution in [3.63, 3.8) is 0 Å². The molecular weight excluding hydrogens is 226 g/mol. The molecule has 1 atom stereocenters. The molecule has 0 amide bonds. The SMILES string of the molecule is CCOC(=O)C1Cc2ccc(Cl)cc2N1C. The molecule has 1 unspecified atom stereocenters. The largest absolute Gasteiger partial charge is 0.464 e. The molecule has 1 aromatic rings. The van der Waals surface area contributed by atoms with Gasteiger partial charge in [0.05, 0.1) is 6.61 Å². The van der Waals surface area contributed by atoms with Crippen molar-refractivity contribution in [3.05, 3.63) is 28.8 Å². The summed E-state index contributed by atoms with van der Waals surface area (Å²) in [4.78, 5) is 13.6. The van der Waals surface area contributed by atoms with Crippen molar-refractivity contribution in [2.75, 3.05) is 18.6 Å².